The zero-order valence-corrected chi connectivity index (χ0v) is 15.6. The highest BCUT2D eigenvalue weighted by Gasteiger charge is 2.12. The Labute approximate surface area is 159 Å². The highest BCUT2D eigenvalue weighted by molar-refractivity contribution is 7.98. The number of aryl methyl sites for hydroxylation is 2. The summed E-state index contributed by atoms with van der Waals surface area (Å²) in [4.78, 5) is 4.41. The molecule has 0 unspecified atom stereocenters. The SMILES string of the molecule is Cc1cc(C)cc(-c2nnc(SCc3coc(-c4ccc(F)cc4)n3)o2)c1. The molecule has 0 radical (unpaired) electrons. The lowest BCUT2D eigenvalue weighted by Crippen LogP contribution is -1.83. The van der Waals surface area contributed by atoms with Crippen LogP contribution in [0.1, 0.15) is 16.8 Å². The van der Waals surface area contributed by atoms with Crippen LogP contribution >= 0.6 is 11.8 Å². The number of benzene rings is 2. The smallest absolute Gasteiger partial charge is 0.277 e. The minimum Gasteiger partial charge on any atom is -0.444 e. The van der Waals surface area contributed by atoms with Crippen molar-refractivity contribution in [3.8, 4) is 22.9 Å². The second kappa shape index (κ2) is 7.36. The van der Waals surface area contributed by atoms with Gasteiger partial charge in [-0.1, -0.05) is 29.0 Å². The molecule has 2 heterocycles. The van der Waals surface area contributed by atoms with E-state index < -0.39 is 0 Å². The van der Waals surface area contributed by atoms with Gasteiger partial charge in [0.15, 0.2) is 0 Å². The first-order valence-corrected chi connectivity index (χ1v) is 9.31. The highest BCUT2D eigenvalue weighted by Crippen LogP contribution is 2.27. The van der Waals surface area contributed by atoms with Crippen LogP contribution in [0.15, 0.2) is 62.8 Å². The molecule has 27 heavy (non-hydrogen) atoms. The van der Waals surface area contributed by atoms with Crippen LogP contribution < -0.4 is 0 Å². The summed E-state index contributed by atoms with van der Waals surface area (Å²) in [5, 5.41) is 8.68. The number of aromatic nitrogens is 3. The van der Waals surface area contributed by atoms with Crippen LogP contribution in [0.3, 0.4) is 0 Å². The zero-order chi connectivity index (χ0) is 18.8. The normalized spacial score (nSPS) is 11.1. The van der Waals surface area contributed by atoms with Crippen molar-refractivity contribution in [2.75, 3.05) is 0 Å². The Balaban J connectivity index is 1.44. The number of nitrogens with zero attached hydrogens (tertiary/aromatic N) is 3. The lowest BCUT2D eigenvalue weighted by atomic mass is 10.1. The second-order valence-corrected chi connectivity index (χ2v) is 7.12. The molecule has 0 N–H and O–H groups in total. The van der Waals surface area contributed by atoms with Crippen molar-refractivity contribution in [3.63, 3.8) is 0 Å². The van der Waals surface area contributed by atoms with Gasteiger partial charge in [0.1, 0.15) is 12.1 Å². The van der Waals surface area contributed by atoms with Crippen LogP contribution in [-0.2, 0) is 5.75 Å². The summed E-state index contributed by atoms with van der Waals surface area (Å²) in [6, 6.07) is 12.1. The monoisotopic (exact) mass is 381 g/mol. The third kappa shape index (κ3) is 4.09. The maximum atomic E-state index is 13.0. The van der Waals surface area contributed by atoms with Gasteiger partial charge in [-0.25, -0.2) is 9.37 Å². The molecule has 0 saturated heterocycles. The quantitative estimate of drug-likeness (QED) is 0.429. The maximum Gasteiger partial charge on any atom is 0.277 e. The predicted molar refractivity (Wildman–Crippen MR) is 101 cm³/mol. The Morgan fingerprint density at radius 3 is 2.41 bits per heavy atom. The molecular weight excluding hydrogens is 365 g/mol. The minimum absolute atomic E-state index is 0.294. The van der Waals surface area contributed by atoms with Gasteiger partial charge in [0.05, 0.1) is 5.69 Å². The van der Waals surface area contributed by atoms with E-state index >= 15 is 0 Å². The van der Waals surface area contributed by atoms with Crippen molar-refractivity contribution >= 4 is 11.8 Å². The van der Waals surface area contributed by atoms with E-state index in [4.69, 9.17) is 8.83 Å². The first kappa shape index (κ1) is 17.5. The van der Waals surface area contributed by atoms with E-state index in [-0.39, 0.29) is 5.82 Å². The fraction of sp³-hybridized carbons (Fsp3) is 0.150. The Morgan fingerprint density at radius 1 is 0.926 bits per heavy atom. The van der Waals surface area contributed by atoms with E-state index in [0.717, 1.165) is 27.9 Å². The zero-order valence-electron chi connectivity index (χ0n) is 14.8. The molecule has 2 aromatic carbocycles. The molecule has 0 fully saturated rings. The number of halogens is 1. The maximum absolute atomic E-state index is 13.0. The molecular formula is C20H16FN3O2S. The van der Waals surface area contributed by atoms with Gasteiger partial charge in [0.25, 0.3) is 5.22 Å². The van der Waals surface area contributed by atoms with Crippen LogP contribution in [0.25, 0.3) is 22.9 Å². The molecule has 136 valence electrons. The summed E-state index contributed by atoms with van der Waals surface area (Å²) in [5.74, 6) is 1.18. The summed E-state index contributed by atoms with van der Waals surface area (Å²) < 4.78 is 24.2. The largest absolute Gasteiger partial charge is 0.444 e. The number of rotatable bonds is 5. The van der Waals surface area contributed by atoms with E-state index in [9.17, 15) is 4.39 Å². The van der Waals surface area contributed by atoms with Crippen molar-refractivity contribution in [3.05, 3.63) is 71.4 Å². The van der Waals surface area contributed by atoms with E-state index in [1.807, 2.05) is 26.0 Å². The van der Waals surface area contributed by atoms with Crippen molar-refractivity contribution in [2.45, 2.75) is 24.8 Å². The molecule has 0 spiro atoms. The standard InChI is InChI=1S/C20H16FN3O2S/c1-12-7-13(2)9-15(8-12)19-23-24-20(26-19)27-11-17-10-25-18(22-17)14-3-5-16(21)6-4-14/h3-10H,11H2,1-2H3. The number of oxazole rings is 1. The number of hydrogen-bond donors (Lipinski definition) is 0. The van der Waals surface area contributed by atoms with Gasteiger partial charge in [0, 0.05) is 16.9 Å². The van der Waals surface area contributed by atoms with E-state index in [2.05, 4.69) is 21.2 Å². The predicted octanol–water partition coefficient (Wildman–Crippen LogP) is 5.44. The molecule has 0 atom stereocenters. The summed E-state index contributed by atoms with van der Waals surface area (Å²) in [7, 11) is 0. The molecule has 5 nitrogen and oxygen atoms in total. The minimum atomic E-state index is -0.294. The fourth-order valence-corrected chi connectivity index (χ4v) is 3.36. The summed E-state index contributed by atoms with van der Waals surface area (Å²) >= 11 is 1.39. The van der Waals surface area contributed by atoms with Crippen LogP contribution in [0.2, 0.25) is 0 Å². The van der Waals surface area contributed by atoms with Crippen LogP contribution in [-0.4, -0.2) is 15.2 Å². The van der Waals surface area contributed by atoms with Crippen molar-refractivity contribution in [1.82, 2.24) is 15.2 Å². The highest BCUT2D eigenvalue weighted by atomic mass is 32.2. The molecule has 0 aliphatic carbocycles. The van der Waals surface area contributed by atoms with E-state index in [0.29, 0.717) is 22.8 Å². The van der Waals surface area contributed by atoms with Gasteiger partial charge in [-0.15, -0.1) is 10.2 Å². The average Bonchev–Trinajstić information content (AvgIpc) is 3.29. The number of hydrogen-bond acceptors (Lipinski definition) is 6. The van der Waals surface area contributed by atoms with Crippen LogP contribution in [0.4, 0.5) is 4.39 Å². The molecule has 0 aliphatic heterocycles. The van der Waals surface area contributed by atoms with Crippen molar-refractivity contribution in [2.24, 2.45) is 0 Å². The molecule has 0 aliphatic rings. The third-order valence-corrected chi connectivity index (χ3v) is 4.71. The van der Waals surface area contributed by atoms with Crippen LogP contribution in [0.5, 0.6) is 0 Å². The van der Waals surface area contributed by atoms with Crippen LogP contribution in [0, 0.1) is 19.7 Å². The Morgan fingerprint density at radius 2 is 1.67 bits per heavy atom. The molecule has 2 aromatic heterocycles. The Bertz CT molecular complexity index is 1050. The van der Waals surface area contributed by atoms with Gasteiger partial charge in [0.2, 0.25) is 11.8 Å². The Hall–Kier alpha value is -2.93. The average molecular weight is 381 g/mol. The third-order valence-electron chi connectivity index (χ3n) is 3.86. The topological polar surface area (TPSA) is 65.0 Å². The lowest BCUT2D eigenvalue weighted by Gasteiger charge is -2.00. The summed E-state index contributed by atoms with van der Waals surface area (Å²) in [6.07, 6.45) is 1.58. The molecule has 0 amide bonds. The van der Waals surface area contributed by atoms with Gasteiger partial charge >= 0.3 is 0 Å². The molecule has 4 rings (SSSR count). The molecule has 0 bridgehead atoms. The summed E-state index contributed by atoms with van der Waals surface area (Å²) in [5.41, 5.74) is 4.67. The number of thioether (sulfide) groups is 1. The molecule has 0 saturated carbocycles. The van der Waals surface area contributed by atoms with E-state index in [1.165, 1.54) is 23.9 Å². The lowest BCUT2D eigenvalue weighted by molar-refractivity contribution is 0.465. The first-order chi connectivity index (χ1) is 13.1. The molecule has 7 heteroatoms. The second-order valence-electron chi connectivity index (χ2n) is 6.19. The fourth-order valence-electron chi connectivity index (χ4n) is 2.72. The summed E-state index contributed by atoms with van der Waals surface area (Å²) in [6.45, 7) is 4.07. The van der Waals surface area contributed by atoms with Gasteiger partial charge < -0.3 is 8.83 Å². The van der Waals surface area contributed by atoms with Crippen molar-refractivity contribution < 1.29 is 13.2 Å². The van der Waals surface area contributed by atoms with Crippen molar-refractivity contribution in [1.29, 1.82) is 0 Å². The van der Waals surface area contributed by atoms with Gasteiger partial charge in [-0.3, -0.25) is 0 Å². The first-order valence-electron chi connectivity index (χ1n) is 8.32. The molecule has 4 aromatic rings. The van der Waals surface area contributed by atoms with Gasteiger partial charge in [-0.05, 0) is 50.2 Å². The van der Waals surface area contributed by atoms with Gasteiger partial charge in [-0.2, -0.15) is 0 Å². The Kier molecular flexibility index (Phi) is 4.77. The van der Waals surface area contributed by atoms with E-state index in [1.54, 1.807) is 18.4 Å².